The van der Waals surface area contributed by atoms with E-state index in [0.29, 0.717) is 6.54 Å². The van der Waals surface area contributed by atoms with E-state index in [9.17, 15) is 9.59 Å². The maximum absolute atomic E-state index is 13.5. The maximum atomic E-state index is 13.5. The summed E-state index contributed by atoms with van der Waals surface area (Å²) in [6, 6.07) is 15.9. The van der Waals surface area contributed by atoms with Gasteiger partial charge in [-0.25, -0.2) is 0 Å². The van der Waals surface area contributed by atoms with Crippen molar-refractivity contribution in [2.24, 2.45) is 0 Å². The number of carbonyl (C=O) groups excluding carboxylic acids is 2. The van der Waals surface area contributed by atoms with E-state index in [0.717, 1.165) is 50.0 Å². The van der Waals surface area contributed by atoms with Crippen molar-refractivity contribution in [1.82, 2.24) is 15.1 Å². The van der Waals surface area contributed by atoms with E-state index >= 15 is 0 Å². The molecule has 1 N–H and O–H groups in total. The molecule has 1 fully saturated rings. The standard InChI is InChI=1S/C25H31N3O2/c1-19-9-3-4-11-21(19)17-26-23(29)18-28-16-13-20-10-5-6-12-22(20)24(28)25(30)27-14-7-2-8-15-27/h3-6,9-12,24H,2,7-8,13-18H2,1H3,(H,26,29)/t24-/m1/s1. The van der Waals surface area contributed by atoms with E-state index in [1.165, 1.54) is 17.5 Å². The molecule has 2 aromatic carbocycles. The smallest absolute Gasteiger partial charge is 0.244 e. The highest BCUT2D eigenvalue weighted by Gasteiger charge is 2.36. The molecule has 2 aromatic rings. The van der Waals surface area contributed by atoms with Crippen LogP contribution in [0.25, 0.3) is 0 Å². The first-order valence-corrected chi connectivity index (χ1v) is 11.1. The van der Waals surface area contributed by atoms with E-state index in [1.807, 2.05) is 35.2 Å². The average molecular weight is 406 g/mol. The van der Waals surface area contributed by atoms with Crippen molar-refractivity contribution in [2.45, 2.75) is 45.2 Å². The lowest BCUT2D eigenvalue weighted by atomic mass is 9.91. The number of aryl methyl sites for hydroxylation is 1. The van der Waals surface area contributed by atoms with Gasteiger partial charge < -0.3 is 10.2 Å². The van der Waals surface area contributed by atoms with Gasteiger partial charge in [-0.2, -0.15) is 0 Å². The molecule has 158 valence electrons. The van der Waals surface area contributed by atoms with Crippen LogP contribution in [0.3, 0.4) is 0 Å². The number of carbonyl (C=O) groups is 2. The van der Waals surface area contributed by atoms with Gasteiger partial charge in [0.05, 0.1) is 6.54 Å². The Balaban J connectivity index is 1.48. The van der Waals surface area contributed by atoms with Gasteiger partial charge in [-0.3, -0.25) is 14.5 Å². The molecule has 0 saturated carbocycles. The number of piperidine rings is 1. The number of rotatable bonds is 5. The fourth-order valence-corrected chi connectivity index (χ4v) is 4.61. The Hall–Kier alpha value is -2.66. The molecule has 0 aromatic heterocycles. The molecule has 0 bridgehead atoms. The molecule has 2 aliphatic heterocycles. The van der Waals surface area contributed by atoms with Gasteiger partial charge in [-0.1, -0.05) is 48.5 Å². The van der Waals surface area contributed by atoms with Crippen LogP contribution < -0.4 is 5.32 Å². The fourth-order valence-electron chi connectivity index (χ4n) is 4.61. The molecule has 0 radical (unpaired) electrons. The Morgan fingerprint density at radius 2 is 1.70 bits per heavy atom. The zero-order valence-corrected chi connectivity index (χ0v) is 17.8. The van der Waals surface area contributed by atoms with Crippen LogP contribution in [-0.2, 0) is 22.6 Å². The number of benzene rings is 2. The third kappa shape index (κ3) is 4.57. The zero-order valence-electron chi connectivity index (χ0n) is 17.8. The summed E-state index contributed by atoms with van der Waals surface area (Å²) in [4.78, 5) is 30.3. The Labute approximate surface area is 179 Å². The van der Waals surface area contributed by atoms with Crippen molar-refractivity contribution in [3.05, 3.63) is 70.8 Å². The van der Waals surface area contributed by atoms with Crippen LogP contribution in [0.1, 0.15) is 47.6 Å². The normalized spacial score (nSPS) is 19.2. The highest BCUT2D eigenvalue weighted by molar-refractivity contribution is 5.85. The number of hydrogen-bond acceptors (Lipinski definition) is 3. The molecule has 1 saturated heterocycles. The maximum Gasteiger partial charge on any atom is 0.244 e. The van der Waals surface area contributed by atoms with Crippen molar-refractivity contribution in [2.75, 3.05) is 26.2 Å². The lowest BCUT2D eigenvalue weighted by Crippen LogP contribution is -2.50. The molecule has 2 amide bonds. The second-order valence-electron chi connectivity index (χ2n) is 8.41. The molecule has 30 heavy (non-hydrogen) atoms. The van der Waals surface area contributed by atoms with Crippen LogP contribution in [0, 0.1) is 6.92 Å². The summed E-state index contributed by atoms with van der Waals surface area (Å²) >= 11 is 0. The molecule has 2 aliphatic rings. The van der Waals surface area contributed by atoms with Gasteiger partial charge in [0.15, 0.2) is 0 Å². The predicted octanol–water partition coefficient (Wildman–Crippen LogP) is 3.22. The summed E-state index contributed by atoms with van der Waals surface area (Å²) in [6.07, 6.45) is 4.19. The predicted molar refractivity (Wildman–Crippen MR) is 118 cm³/mol. The van der Waals surface area contributed by atoms with E-state index < -0.39 is 0 Å². The van der Waals surface area contributed by atoms with Crippen LogP contribution >= 0.6 is 0 Å². The Morgan fingerprint density at radius 3 is 2.50 bits per heavy atom. The Bertz CT molecular complexity index is 905. The highest BCUT2D eigenvalue weighted by atomic mass is 16.2. The summed E-state index contributed by atoms with van der Waals surface area (Å²) in [5, 5.41) is 3.04. The van der Waals surface area contributed by atoms with Crippen molar-refractivity contribution >= 4 is 11.8 Å². The molecule has 4 rings (SSSR count). The lowest BCUT2D eigenvalue weighted by Gasteiger charge is -2.39. The third-order valence-electron chi connectivity index (χ3n) is 6.37. The van der Waals surface area contributed by atoms with E-state index in [-0.39, 0.29) is 24.4 Å². The third-order valence-corrected chi connectivity index (χ3v) is 6.37. The number of nitrogens with zero attached hydrogens (tertiary/aromatic N) is 2. The summed E-state index contributed by atoms with van der Waals surface area (Å²) in [5.41, 5.74) is 4.58. The molecule has 0 aliphatic carbocycles. The van der Waals surface area contributed by atoms with Crippen molar-refractivity contribution in [3.63, 3.8) is 0 Å². The Morgan fingerprint density at radius 1 is 0.967 bits per heavy atom. The van der Waals surface area contributed by atoms with Crippen LogP contribution in [0.4, 0.5) is 0 Å². The fraction of sp³-hybridized carbons (Fsp3) is 0.440. The number of nitrogens with one attached hydrogen (secondary N) is 1. The van der Waals surface area contributed by atoms with Gasteiger partial charge in [0.1, 0.15) is 6.04 Å². The first-order chi connectivity index (χ1) is 14.6. The summed E-state index contributed by atoms with van der Waals surface area (Å²) in [6.45, 7) is 5.18. The monoisotopic (exact) mass is 405 g/mol. The quantitative estimate of drug-likeness (QED) is 0.831. The Kier molecular flexibility index (Phi) is 6.48. The molecule has 0 unspecified atom stereocenters. The molecule has 2 heterocycles. The lowest BCUT2D eigenvalue weighted by molar-refractivity contribution is -0.139. The van der Waals surface area contributed by atoms with Gasteiger partial charge in [0, 0.05) is 26.2 Å². The second-order valence-corrected chi connectivity index (χ2v) is 8.41. The zero-order chi connectivity index (χ0) is 20.9. The first-order valence-electron chi connectivity index (χ1n) is 11.1. The number of hydrogen-bond donors (Lipinski definition) is 1. The van der Waals surface area contributed by atoms with Crippen LogP contribution in [0.2, 0.25) is 0 Å². The van der Waals surface area contributed by atoms with Crippen LogP contribution in [0.15, 0.2) is 48.5 Å². The minimum Gasteiger partial charge on any atom is -0.351 e. The van der Waals surface area contributed by atoms with E-state index in [4.69, 9.17) is 0 Å². The molecule has 0 spiro atoms. The summed E-state index contributed by atoms with van der Waals surface area (Å²) in [5.74, 6) is 0.114. The topological polar surface area (TPSA) is 52.7 Å². The van der Waals surface area contributed by atoms with E-state index in [2.05, 4.69) is 35.3 Å². The minimum absolute atomic E-state index is 0.0333. The number of amides is 2. The van der Waals surface area contributed by atoms with Crippen LogP contribution in [0.5, 0.6) is 0 Å². The number of fused-ring (bicyclic) bond motifs is 1. The SMILES string of the molecule is Cc1ccccc1CNC(=O)CN1CCc2ccccc2[C@@H]1C(=O)N1CCCCC1. The minimum atomic E-state index is -0.364. The first kappa shape index (κ1) is 20.6. The average Bonchev–Trinajstić information content (AvgIpc) is 2.78. The second kappa shape index (κ2) is 9.43. The molecule has 5 nitrogen and oxygen atoms in total. The van der Waals surface area contributed by atoms with Gasteiger partial charge in [0.2, 0.25) is 11.8 Å². The largest absolute Gasteiger partial charge is 0.351 e. The van der Waals surface area contributed by atoms with Gasteiger partial charge in [-0.05, 0) is 54.9 Å². The van der Waals surface area contributed by atoms with Gasteiger partial charge >= 0.3 is 0 Å². The van der Waals surface area contributed by atoms with Gasteiger partial charge in [0.25, 0.3) is 0 Å². The number of likely N-dealkylation sites (tertiary alicyclic amines) is 1. The van der Waals surface area contributed by atoms with E-state index in [1.54, 1.807) is 0 Å². The summed E-state index contributed by atoms with van der Waals surface area (Å²) in [7, 11) is 0. The molecule has 1 atom stereocenters. The molecular weight excluding hydrogens is 374 g/mol. The molecule has 5 heteroatoms. The van der Waals surface area contributed by atoms with Crippen molar-refractivity contribution in [1.29, 1.82) is 0 Å². The highest BCUT2D eigenvalue weighted by Crippen LogP contribution is 2.32. The van der Waals surface area contributed by atoms with Crippen molar-refractivity contribution < 1.29 is 9.59 Å². The molecular formula is C25H31N3O2. The van der Waals surface area contributed by atoms with Crippen molar-refractivity contribution in [3.8, 4) is 0 Å². The summed E-state index contributed by atoms with van der Waals surface area (Å²) < 4.78 is 0. The van der Waals surface area contributed by atoms with Gasteiger partial charge in [-0.15, -0.1) is 0 Å². The van der Waals surface area contributed by atoms with Crippen LogP contribution in [-0.4, -0.2) is 47.8 Å².